The van der Waals surface area contributed by atoms with E-state index in [0.717, 1.165) is 25.8 Å². The van der Waals surface area contributed by atoms with E-state index < -0.39 is 80.2 Å². The van der Waals surface area contributed by atoms with Gasteiger partial charge in [0.1, 0.15) is 0 Å². The lowest BCUT2D eigenvalue weighted by molar-refractivity contribution is -0.152. The molecule has 3 heterocycles. The molecular weight excluding hydrogens is 937 g/mol. The third kappa shape index (κ3) is 17.3. The number of hydrogen-bond acceptors (Lipinski definition) is 18. The van der Waals surface area contributed by atoms with Gasteiger partial charge in [0, 0.05) is 70.4 Å². The number of rotatable bonds is 17. The number of ether oxygens (including phenoxy) is 6. The monoisotopic (exact) mass is 982 g/mol. The van der Waals surface area contributed by atoms with E-state index in [0.29, 0.717) is 35.5 Å². The standard InChI is InChI=1S/2C16H16N2O6.C15H14N2O6/c1-17-16(22)24-10-23-15(21)9-4-11-2-5-12(6-3-11)18-13(19)7-8-14(18)20;1-17-16(22)24-10-23-15(21)8-5-11-3-2-4-12(9-11)18-13(19)6-7-14(18)20;1-16-15(21)23-9-22-14(20)8-10-2-4-11(5-3-10)17-12(18)6-7-13(17)19/h2-3,5-8H,4,9-10H2,1H3,(H,17,22);2-4,6-7,9H,5,8,10H2,1H3,(H,17,22);2-7H,8-9H2,1H3,(H,16,21). The van der Waals surface area contributed by atoms with Crippen molar-refractivity contribution in [1.82, 2.24) is 16.0 Å². The summed E-state index contributed by atoms with van der Waals surface area (Å²) >= 11 is 0. The lowest BCUT2D eigenvalue weighted by atomic mass is 10.1. The molecule has 24 nitrogen and oxygen atoms in total. The topological polar surface area (TPSA) is 306 Å². The second-order valence-electron chi connectivity index (χ2n) is 14.2. The number of nitrogens with one attached hydrogen (secondary N) is 3. The minimum Gasteiger partial charge on any atom is -0.428 e. The van der Waals surface area contributed by atoms with Gasteiger partial charge in [0.15, 0.2) is 0 Å². The molecule has 3 aromatic rings. The first-order chi connectivity index (χ1) is 34.0. The zero-order valence-electron chi connectivity index (χ0n) is 38.2. The average Bonchev–Trinajstić information content (AvgIpc) is 4.02. The van der Waals surface area contributed by atoms with E-state index in [2.05, 4.69) is 30.2 Å². The van der Waals surface area contributed by atoms with Gasteiger partial charge in [-0.3, -0.25) is 43.2 Å². The fraction of sp³-hybridized carbons (Fsp3) is 0.234. The first-order valence-electron chi connectivity index (χ1n) is 21.0. The molecule has 0 saturated heterocycles. The van der Waals surface area contributed by atoms with Crippen LogP contribution in [-0.4, -0.2) is 113 Å². The first kappa shape index (κ1) is 54.1. The number of anilines is 3. The first-order valence-corrected chi connectivity index (χ1v) is 21.0. The van der Waals surface area contributed by atoms with Gasteiger partial charge < -0.3 is 44.4 Å². The third-order valence-electron chi connectivity index (χ3n) is 9.41. The van der Waals surface area contributed by atoms with Crippen LogP contribution in [-0.2, 0) is 90.8 Å². The summed E-state index contributed by atoms with van der Waals surface area (Å²) in [5.74, 6) is -3.99. The predicted octanol–water partition coefficient (Wildman–Crippen LogP) is 2.33. The Kier molecular flexibility index (Phi) is 20.9. The van der Waals surface area contributed by atoms with Crippen molar-refractivity contribution in [3.8, 4) is 0 Å². The van der Waals surface area contributed by atoms with Gasteiger partial charge in [0.25, 0.3) is 35.4 Å². The Balaban J connectivity index is 0.000000231. The summed E-state index contributed by atoms with van der Waals surface area (Å²) in [5.41, 5.74) is 3.58. The van der Waals surface area contributed by atoms with Gasteiger partial charge in [0.2, 0.25) is 20.4 Å². The molecule has 0 aliphatic carbocycles. The highest BCUT2D eigenvalue weighted by Gasteiger charge is 2.27. The zero-order chi connectivity index (χ0) is 51.9. The number of nitrogens with zero attached hydrogens (tertiary/aromatic N) is 3. The summed E-state index contributed by atoms with van der Waals surface area (Å²) in [5, 5.41) is 6.65. The van der Waals surface area contributed by atoms with Crippen LogP contribution in [0.25, 0.3) is 0 Å². The number of esters is 3. The molecule has 0 radical (unpaired) electrons. The molecule has 3 N–H and O–H groups in total. The van der Waals surface area contributed by atoms with Gasteiger partial charge in [-0.2, -0.15) is 0 Å². The number of hydrogen-bond donors (Lipinski definition) is 3. The largest absolute Gasteiger partial charge is 0.428 e. The number of carbonyl (C=O) groups excluding carboxylic acids is 12. The van der Waals surface area contributed by atoms with E-state index in [4.69, 9.17) is 14.2 Å². The molecule has 0 unspecified atom stereocenters. The minimum atomic E-state index is -0.698. The summed E-state index contributed by atoms with van der Waals surface area (Å²) in [4.78, 5) is 140. The molecule has 0 saturated carbocycles. The average molecular weight is 983 g/mol. The van der Waals surface area contributed by atoms with Gasteiger partial charge in [0.05, 0.1) is 23.5 Å². The Labute approximate surface area is 404 Å². The molecule has 0 aromatic heterocycles. The van der Waals surface area contributed by atoms with Gasteiger partial charge in [-0.25, -0.2) is 29.1 Å². The molecule has 0 bridgehead atoms. The normalized spacial score (nSPS) is 13.1. The summed E-state index contributed by atoms with van der Waals surface area (Å²) in [6.45, 7) is -1.37. The second kappa shape index (κ2) is 27.4. The SMILES string of the molecule is CNC(=O)OCOC(=O)CCc1ccc(N2C(=O)C=CC2=O)cc1.CNC(=O)OCOC(=O)CCc1cccc(N2C(=O)C=CC2=O)c1.CNC(=O)OCOC(=O)Cc1ccc(N2C(=O)C=CC2=O)cc1. The number of benzene rings is 3. The molecule has 0 fully saturated rings. The molecule has 372 valence electrons. The molecule has 3 aliphatic heterocycles. The number of amides is 9. The van der Waals surface area contributed by atoms with Crippen LogP contribution in [0.4, 0.5) is 31.4 Å². The minimum absolute atomic E-state index is 0.0302. The molecule has 24 heteroatoms. The molecule has 6 rings (SSSR count). The lowest BCUT2D eigenvalue weighted by Gasteiger charge is -2.14. The number of imide groups is 3. The highest BCUT2D eigenvalue weighted by Crippen LogP contribution is 2.23. The van der Waals surface area contributed by atoms with Crippen molar-refractivity contribution >= 4 is 88.7 Å². The van der Waals surface area contributed by atoms with E-state index in [-0.39, 0.29) is 31.1 Å². The van der Waals surface area contributed by atoms with Crippen molar-refractivity contribution in [2.24, 2.45) is 0 Å². The van der Waals surface area contributed by atoms with E-state index in [1.807, 2.05) is 0 Å². The molecule has 3 aliphatic rings. The maximum Gasteiger partial charge on any atom is 0.409 e. The Morgan fingerprint density at radius 1 is 0.394 bits per heavy atom. The highest BCUT2D eigenvalue weighted by atomic mass is 16.7. The zero-order valence-corrected chi connectivity index (χ0v) is 38.2. The lowest BCUT2D eigenvalue weighted by Crippen LogP contribution is -2.29. The van der Waals surface area contributed by atoms with E-state index in [1.54, 1.807) is 72.8 Å². The van der Waals surface area contributed by atoms with Crippen LogP contribution in [0.1, 0.15) is 29.5 Å². The van der Waals surface area contributed by atoms with Crippen LogP contribution >= 0.6 is 0 Å². The molecule has 9 amide bonds. The van der Waals surface area contributed by atoms with Crippen molar-refractivity contribution < 1.29 is 86.0 Å². The maximum absolute atomic E-state index is 11.7. The van der Waals surface area contributed by atoms with Crippen LogP contribution < -0.4 is 30.7 Å². The fourth-order valence-corrected chi connectivity index (χ4v) is 5.91. The van der Waals surface area contributed by atoms with Crippen LogP contribution in [0.3, 0.4) is 0 Å². The maximum atomic E-state index is 11.7. The Morgan fingerprint density at radius 3 is 1.11 bits per heavy atom. The summed E-state index contributed by atoms with van der Waals surface area (Å²) in [6, 6.07) is 19.8. The van der Waals surface area contributed by atoms with Crippen molar-refractivity contribution in [3.63, 3.8) is 0 Å². The predicted molar refractivity (Wildman–Crippen MR) is 244 cm³/mol. The Hall–Kier alpha value is -9.48. The van der Waals surface area contributed by atoms with Crippen molar-refractivity contribution in [2.45, 2.75) is 32.1 Å². The van der Waals surface area contributed by atoms with Crippen LogP contribution in [0, 0.1) is 0 Å². The van der Waals surface area contributed by atoms with Gasteiger partial charge in [-0.05, 0) is 65.9 Å². The van der Waals surface area contributed by atoms with Gasteiger partial charge in [-0.1, -0.05) is 36.4 Å². The Bertz CT molecular complexity index is 2550. The quantitative estimate of drug-likeness (QED) is 0.0756. The molecule has 0 spiro atoms. The smallest absolute Gasteiger partial charge is 0.409 e. The van der Waals surface area contributed by atoms with Crippen molar-refractivity contribution in [3.05, 3.63) is 126 Å². The van der Waals surface area contributed by atoms with Gasteiger partial charge in [-0.15, -0.1) is 0 Å². The fourth-order valence-electron chi connectivity index (χ4n) is 5.91. The Morgan fingerprint density at radius 2 is 0.732 bits per heavy atom. The summed E-state index contributed by atoms with van der Waals surface area (Å²) in [7, 11) is 4.17. The number of carbonyl (C=O) groups is 12. The van der Waals surface area contributed by atoms with E-state index in [9.17, 15) is 57.5 Å². The van der Waals surface area contributed by atoms with E-state index in [1.165, 1.54) is 57.6 Å². The summed E-state index contributed by atoms with van der Waals surface area (Å²) < 4.78 is 27.8. The molecule has 3 aromatic carbocycles. The van der Waals surface area contributed by atoms with Gasteiger partial charge >= 0.3 is 36.2 Å². The van der Waals surface area contributed by atoms with E-state index >= 15 is 0 Å². The highest BCUT2D eigenvalue weighted by molar-refractivity contribution is 6.29. The molecule has 0 atom stereocenters. The number of alkyl carbamates (subject to hydrolysis) is 3. The number of aryl methyl sites for hydroxylation is 2. The van der Waals surface area contributed by atoms with Crippen LogP contribution in [0.2, 0.25) is 0 Å². The van der Waals surface area contributed by atoms with Crippen LogP contribution in [0.5, 0.6) is 0 Å². The van der Waals surface area contributed by atoms with Crippen LogP contribution in [0.15, 0.2) is 109 Å². The van der Waals surface area contributed by atoms with Crippen molar-refractivity contribution in [2.75, 3.05) is 56.2 Å². The molecular formula is C47H46N6O18. The molecule has 71 heavy (non-hydrogen) atoms. The second-order valence-corrected chi connectivity index (χ2v) is 14.2. The third-order valence-corrected chi connectivity index (χ3v) is 9.41. The summed E-state index contributed by atoms with van der Waals surface area (Å²) in [6.07, 6.45) is 6.09. The van der Waals surface area contributed by atoms with Crippen molar-refractivity contribution in [1.29, 1.82) is 0 Å².